The van der Waals surface area contributed by atoms with Crippen LogP contribution < -0.4 is 4.74 Å². The number of nitrogens with zero attached hydrogens (tertiary/aromatic N) is 1. The highest BCUT2D eigenvalue weighted by molar-refractivity contribution is 7.91. The van der Waals surface area contributed by atoms with Gasteiger partial charge in [-0.3, -0.25) is 4.79 Å². The van der Waals surface area contributed by atoms with Crippen molar-refractivity contribution in [2.24, 2.45) is 0 Å². The first-order valence-corrected chi connectivity index (χ1v) is 11.3. The molecule has 0 bridgehead atoms. The molecule has 0 aliphatic carbocycles. The van der Waals surface area contributed by atoms with E-state index in [1.165, 1.54) is 0 Å². The lowest BCUT2D eigenvalue weighted by molar-refractivity contribution is -0.130. The van der Waals surface area contributed by atoms with Crippen molar-refractivity contribution in [1.82, 2.24) is 4.90 Å². The molecule has 1 fully saturated rings. The van der Waals surface area contributed by atoms with Crippen LogP contribution in [0.4, 0.5) is 0 Å². The van der Waals surface area contributed by atoms with Crippen LogP contribution >= 0.6 is 11.6 Å². The van der Waals surface area contributed by atoms with Crippen LogP contribution in [-0.4, -0.2) is 45.2 Å². The summed E-state index contributed by atoms with van der Waals surface area (Å²) in [5, 5.41) is -0.230. The Morgan fingerprint density at radius 3 is 2.64 bits per heavy atom. The van der Waals surface area contributed by atoms with Gasteiger partial charge < -0.3 is 9.64 Å². The van der Waals surface area contributed by atoms with Gasteiger partial charge in [-0.2, -0.15) is 0 Å². The minimum Gasteiger partial charge on any atom is -0.496 e. The van der Waals surface area contributed by atoms with E-state index in [0.29, 0.717) is 23.6 Å². The van der Waals surface area contributed by atoms with Gasteiger partial charge in [-0.25, -0.2) is 8.42 Å². The van der Waals surface area contributed by atoms with Gasteiger partial charge >= 0.3 is 0 Å². The average Bonchev–Trinajstić information content (AvgIpc) is 2.80. The van der Waals surface area contributed by atoms with Crippen molar-refractivity contribution in [3.63, 3.8) is 0 Å². The van der Waals surface area contributed by atoms with Crippen molar-refractivity contribution in [3.05, 3.63) is 64.2 Å². The Hall–Kier alpha value is -2.05. The average molecular weight is 422 g/mol. The molecule has 28 heavy (non-hydrogen) atoms. The summed E-state index contributed by atoms with van der Waals surface area (Å²) < 4.78 is 30.8. The molecule has 3 rings (SSSR count). The molecule has 150 valence electrons. The Morgan fingerprint density at radius 2 is 1.96 bits per heavy atom. The fourth-order valence-electron chi connectivity index (χ4n) is 3.62. The topological polar surface area (TPSA) is 63.7 Å². The van der Waals surface area contributed by atoms with Crippen molar-refractivity contribution in [3.8, 4) is 5.75 Å². The summed E-state index contributed by atoms with van der Waals surface area (Å²) in [7, 11) is -1.77. The van der Waals surface area contributed by atoms with Crippen LogP contribution in [-0.2, 0) is 21.1 Å². The third kappa shape index (κ3) is 4.50. The fourth-order valence-corrected chi connectivity index (χ4v) is 5.76. The van der Waals surface area contributed by atoms with Crippen molar-refractivity contribution in [2.45, 2.75) is 25.0 Å². The first kappa shape index (κ1) is 20.7. The van der Waals surface area contributed by atoms with Gasteiger partial charge in [0.25, 0.3) is 0 Å². The van der Waals surface area contributed by atoms with E-state index in [2.05, 4.69) is 0 Å². The number of hydrogen-bond donors (Lipinski definition) is 0. The van der Waals surface area contributed by atoms with Gasteiger partial charge in [-0.05, 0) is 42.2 Å². The highest BCUT2D eigenvalue weighted by Gasteiger charge is 2.33. The molecular weight excluding hydrogens is 398 g/mol. The van der Waals surface area contributed by atoms with Crippen LogP contribution in [0.3, 0.4) is 0 Å². The Bertz CT molecular complexity index is 974. The van der Waals surface area contributed by atoms with E-state index in [1.54, 1.807) is 36.3 Å². The first-order chi connectivity index (χ1) is 13.3. The van der Waals surface area contributed by atoms with Gasteiger partial charge in [0.05, 0.1) is 24.5 Å². The van der Waals surface area contributed by atoms with E-state index in [4.69, 9.17) is 16.3 Å². The van der Waals surface area contributed by atoms with Gasteiger partial charge in [0.2, 0.25) is 5.91 Å². The number of halogens is 1. The molecule has 7 heteroatoms. The normalized spacial score (nSPS) is 19.1. The highest BCUT2D eigenvalue weighted by atomic mass is 35.5. The van der Waals surface area contributed by atoms with E-state index < -0.39 is 15.1 Å². The molecule has 2 aromatic carbocycles. The second-order valence-corrected chi connectivity index (χ2v) is 9.74. The summed E-state index contributed by atoms with van der Waals surface area (Å²) in [5.74, 6) is 0.648. The number of carbonyl (C=O) groups is 1. The van der Waals surface area contributed by atoms with Crippen molar-refractivity contribution >= 4 is 27.3 Å². The minimum absolute atomic E-state index is 0.0593. The molecule has 1 aliphatic rings. The van der Waals surface area contributed by atoms with E-state index in [-0.39, 0.29) is 24.6 Å². The minimum atomic E-state index is -3.39. The molecule has 5 nitrogen and oxygen atoms in total. The Morgan fingerprint density at radius 1 is 1.21 bits per heavy atom. The number of ether oxygens (including phenoxy) is 1. The summed E-state index contributed by atoms with van der Waals surface area (Å²) in [4.78, 5) is 14.4. The van der Waals surface area contributed by atoms with E-state index in [1.807, 2.05) is 25.1 Å². The number of benzene rings is 2. The number of sulfone groups is 1. The molecule has 0 aromatic heterocycles. The molecule has 1 heterocycles. The van der Waals surface area contributed by atoms with E-state index in [0.717, 1.165) is 16.9 Å². The maximum Gasteiger partial charge on any atom is 0.227 e. The lowest BCUT2D eigenvalue weighted by atomic mass is 10.1. The number of methoxy groups -OCH3 is 1. The van der Waals surface area contributed by atoms with Crippen molar-refractivity contribution in [1.29, 1.82) is 0 Å². The van der Waals surface area contributed by atoms with Gasteiger partial charge in [0.1, 0.15) is 5.75 Å². The SMILES string of the molecule is COc1ccc(CC(=O)N2CCC(c3ccccc3Cl)S(=O)(=O)CC2)cc1C. The van der Waals surface area contributed by atoms with Crippen LogP contribution in [0.15, 0.2) is 42.5 Å². The second-order valence-electron chi connectivity index (χ2n) is 7.03. The highest BCUT2D eigenvalue weighted by Crippen LogP contribution is 2.34. The quantitative estimate of drug-likeness (QED) is 0.756. The van der Waals surface area contributed by atoms with Crippen LogP contribution in [0.2, 0.25) is 5.02 Å². The summed E-state index contributed by atoms with van der Waals surface area (Å²) in [5.41, 5.74) is 2.47. The largest absolute Gasteiger partial charge is 0.496 e. The van der Waals surface area contributed by atoms with E-state index in [9.17, 15) is 13.2 Å². The smallest absolute Gasteiger partial charge is 0.227 e. The van der Waals surface area contributed by atoms with Gasteiger partial charge in [-0.1, -0.05) is 41.9 Å². The number of carbonyl (C=O) groups excluding carboxylic acids is 1. The second kappa shape index (κ2) is 8.53. The fraction of sp³-hybridized carbons (Fsp3) is 0.381. The van der Waals surface area contributed by atoms with Crippen LogP contribution in [0.5, 0.6) is 5.75 Å². The van der Waals surface area contributed by atoms with Crippen molar-refractivity contribution in [2.75, 3.05) is 26.0 Å². The zero-order valence-electron chi connectivity index (χ0n) is 16.0. The molecular formula is C21H24ClNO4S. The zero-order valence-corrected chi connectivity index (χ0v) is 17.6. The maximum atomic E-state index is 12.8. The number of amides is 1. The molecule has 1 saturated heterocycles. The molecule has 2 aromatic rings. The third-order valence-corrected chi connectivity index (χ3v) is 7.61. The maximum absolute atomic E-state index is 12.8. The van der Waals surface area contributed by atoms with E-state index >= 15 is 0 Å². The van der Waals surface area contributed by atoms with Crippen LogP contribution in [0, 0.1) is 6.92 Å². The van der Waals surface area contributed by atoms with Crippen LogP contribution in [0.1, 0.15) is 28.4 Å². The lowest BCUT2D eigenvalue weighted by Gasteiger charge is -2.20. The molecule has 1 amide bonds. The Kier molecular flexibility index (Phi) is 6.30. The third-order valence-electron chi connectivity index (χ3n) is 5.16. The summed E-state index contributed by atoms with van der Waals surface area (Å²) in [6.45, 7) is 2.53. The summed E-state index contributed by atoms with van der Waals surface area (Å²) in [6.07, 6.45) is 0.584. The number of hydrogen-bond acceptors (Lipinski definition) is 4. The molecule has 0 saturated carbocycles. The van der Waals surface area contributed by atoms with Crippen LogP contribution in [0.25, 0.3) is 0 Å². The summed E-state index contributed by atoms with van der Waals surface area (Å²) in [6, 6.07) is 12.7. The lowest BCUT2D eigenvalue weighted by Crippen LogP contribution is -2.34. The molecule has 1 atom stereocenters. The Balaban J connectivity index is 1.74. The molecule has 0 spiro atoms. The zero-order chi connectivity index (χ0) is 20.3. The molecule has 1 aliphatic heterocycles. The monoisotopic (exact) mass is 421 g/mol. The van der Waals surface area contributed by atoms with Crippen molar-refractivity contribution < 1.29 is 17.9 Å². The van der Waals surface area contributed by atoms with Gasteiger partial charge in [-0.15, -0.1) is 0 Å². The predicted octanol–water partition coefficient (Wildman–Crippen LogP) is 3.59. The standard InChI is InChI=1S/C21H24ClNO4S/c1-15-13-16(7-8-19(15)27-2)14-21(24)23-10-9-20(28(25,26)12-11-23)17-5-3-4-6-18(17)22/h3-8,13,20H,9-12,14H2,1-2H3. The predicted molar refractivity (Wildman–Crippen MR) is 111 cm³/mol. The molecule has 1 unspecified atom stereocenters. The molecule has 0 N–H and O–H groups in total. The molecule has 0 radical (unpaired) electrons. The van der Waals surface area contributed by atoms with Gasteiger partial charge in [0, 0.05) is 18.1 Å². The first-order valence-electron chi connectivity index (χ1n) is 9.19. The Labute approximate surface area is 171 Å². The summed E-state index contributed by atoms with van der Waals surface area (Å²) >= 11 is 6.23. The van der Waals surface area contributed by atoms with Gasteiger partial charge in [0.15, 0.2) is 9.84 Å². The number of aryl methyl sites for hydroxylation is 1. The number of rotatable bonds is 4.